The smallest absolute Gasteiger partial charge is 0.319 e. The third-order valence-corrected chi connectivity index (χ3v) is 7.65. The molecule has 6 nitrogen and oxygen atoms in total. The summed E-state index contributed by atoms with van der Waals surface area (Å²) in [4.78, 5) is 27.0. The van der Waals surface area contributed by atoms with E-state index in [1.54, 1.807) is 30.3 Å². The van der Waals surface area contributed by atoms with Gasteiger partial charge in [0.15, 0.2) is 0 Å². The number of hydrogen-bond acceptors (Lipinski definition) is 3. The predicted molar refractivity (Wildman–Crippen MR) is 143 cm³/mol. The van der Waals surface area contributed by atoms with Crippen molar-refractivity contribution in [3.8, 4) is 0 Å². The summed E-state index contributed by atoms with van der Waals surface area (Å²) in [6.45, 7) is 3.56. The van der Waals surface area contributed by atoms with Crippen LogP contribution in [0.2, 0.25) is 15.1 Å². The first-order valence-electron chi connectivity index (χ1n) is 12.2. The Labute approximate surface area is 221 Å². The van der Waals surface area contributed by atoms with Crippen LogP contribution in [-0.2, 0) is 4.79 Å². The number of unbranched alkanes of at least 4 members (excludes halogenated alkanes) is 2. The monoisotopic (exact) mass is 536 g/mol. The van der Waals surface area contributed by atoms with Crippen LogP contribution in [0.25, 0.3) is 0 Å². The summed E-state index contributed by atoms with van der Waals surface area (Å²) in [5.74, 6) is 0.416. The van der Waals surface area contributed by atoms with E-state index < -0.39 is 0 Å². The summed E-state index contributed by atoms with van der Waals surface area (Å²) in [5.41, 5.74) is 1.81. The van der Waals surface area contributed by atoms with Crippen molar-refractivity contribution in [2.75, 3.05) is 31.5 Å². The molecule has 0 radical (unpaired) electrons. The van der Waals surface area contributed by atoms with Crippen molar-refractivity contribution in [3.63, 3.8) is 0 Å². The molecule has 1 saturated heterocycles. The van der Waals surface area contributed by atoms with E-state index in [1.807, 2.05) is 12.1 Å². The zero-order chi connectivity index (χ0) is 24.8. The van der Waals surface area contributed by atoms with Crippen molar-refractivity contribution in [3.05, 3.63) is 63.1 Å². The summed E-state index contributed by atoms with van der Waals surface area (Å²) in [6, 6.07) is 12.6. The Hall–Kier alpha value is -1.99. The normalized spacial score (nSPS) is 21.5. The highest BCUT2D eigenvalue weighted by Gasteiger charge is 2.43. The minimum atomic E-state index is -0.188. The molecule has 1 heterocycles. The van der Waals surface area contributed by atoms with Gasteiger partial charge in [0, 0.05) is 42.3 Å². The minimum Gasteiger partial charge on any atom is -0.356 e. The quantitative estimate of drug-likeness (QED) is 0.329. The standard InChI is InChI=1S/C26H31Cl3N4O2/c27-18-5-7-19(8-6-18)31-26(35)32-20-10-13-33(16-20)12-3-1-2-11-30-25(34)22-15-21(22)17-4-9-23(28)24(29)14-17/h4-9,14,20-22H,1-3,10-13,15-16H2,(H,30,34)(H2,31,32,35)/t20-,21?,22?/m0/s1. The van der Waals surface area contributed by atoms with E-state index in [0.717, 1.165) is 63.0 Å². The third-order valence-electron chi connectivity index (χ3n) is 6.66. The highest BCUT2D eigenvalue weighted by atomic mass is 35.5. The number of urea groups is 1. The zero-order valence-electron chi connectivity index (χ0n) is 19.5. The van der Waals surface area contributed by atoms with Gasteiger partial charge in [0.1, 0.15) is 0 Å². The molecule has 2 aliphatic rings. The summed E-state index contributed by atoms with van der Waals surface area (Å²) in [7, 11) is 0. The van der Waals surface area contributed by atoms with E-state index in [2.05, 4.69) is 20.9 Å². The van der Waals surface area contributed by atoms with Crippen LogP contribution in [0.15, 0.2) is 42.5 Å². The Balaban J connectivity index is 1.04. The molecular weight excluding hydrogens is 507 g/mol. The van der Waals surface area contributed by atoms with E-state index in [1.165, 1.54) is 0 Å². The fourth-order valence-electron chi connectivity index (χ4n) is 4.62. The van der Waals surface area contributed by atoms with Crippen molar-refractivity contribution < 1.29 is 9.59 Å². The zero-order valence-corrected chi connectivity index (χ0v) is 21.8. The first kappa shape index (κ1) is 26.1. The number of benzene rings is 2. The van der Waals surface area contributed by atoms with Gasteiger partial charge in [0.05, 0.1) is 10.0 Å². The van der Waals surface area contributed by atoms with Crippen molar-refractivity contribution >= 4 is 52.4 Å². The summed E-state index contributed by atoms with van der Waals surface area (Å²) in [6.07, 6.45) is 4.92. The van der Waals surface area contributed by atoms with Gasteiger partial charge in [-0.3, -0.25) is 4.79 Å². The molecule has 1 aliphatic heterocycles. The van der Waals surface area contributed by atoms with Crippen LogP contribution in [0.3, 0.4) is 0 Å². The molecule has 2 aromatic carbocycles. The minimum absolute atomic E-state index is 0.0400. The Morgan fingerprint density at radius 3 is 2.54 bits per heavy atom. The number of likely N-dealkylation sites (tertiary alicyclic amines) is 1. The maximum Gasteiger partial charge on any atom is 0.319 e. The van der Waals surface area contributed by atoms with Crippen molar-refractivity contribution in [2.45, 2.75) is 44.1 Å². The molecule has 4 rings (SSSR count). The van der Waals surface area contributed by atoms with Crippen LogP contribution in [-0.4, -0.2) is 49.1 Å². The first-order chi connectivity index (χ1) is 16.9. The number of rotatable bonds is 10. The molecule has 35 heavy (non-hydrogen) atoms. The molecule has 1 aliphatic carbocycles. The van der Waals surface area contributed by atoms with Crippen molar-refractivity contribution in [1.29, 1.82) is 0 Å². The molecule has 2 aromatic rings. The average molecular weight is 538 g/mol. The van der Waals surface area contributed by atoms with E-state index in [0.29, 0.717) is 21.6 Å². The molecule has 0 bridgehead atoms. The lowest BCUT2D eigenvalue weighted by Crippen LogP contribution is -2.39. The number of carbonyl (C=O) groups is 2. The second-order valence-electron chi connectivity index (χ2n) is 9.37. The predicted octanol–water partition coefficient (Wildman–Crippen LogP) is 5.93. The lowest BCUT2D eigenvalue weighted by Gasteiger charge is -2.17. The molecule has 9 heteroatoms. The molecule has 2 fully saturated rings. The van der Waals surface area contributed by atoms with Gasteiger partial charge in [0.25, 0.3) is 0 Å². The van der Waals surface area contributed by atoms with Crippen molar-refractivity contribution in [1.82, 2.24) is 15.5 Å². The number of anilines is 1. The Bertz CT molecular complexity index is 1030. The van der Waals surface area contributed by atoms with E-state index >= 15 is 0 Å². The van der Waals surface area contributed by atoms with Gasteiger partial charge < -0.3 is 20.9 Å². The van der Waals surface area contributed by atoms with Gasteiger partial charge in [-0.05, 0) is 80.1 Å². The lowest BCUT2D eigenvalue weighted by atomic mass is 10.1. The number of nitrogens with zero attached hydrogens (tertiary/aromatic N) is 1. The summed E-state index contributed by atoms with van der Waals surface area (Å²) >= 11 is 17.9. The third kappa shape index (κ3) is 7.74. The maximum absolute atomic E-state index is 12.4. The van der Waals surface area contributed by atoms with Gasteiger partial charge >= 0.3 is 6.03 Å². The second-order valence-corrected chi connectivity index (χ2v) is 10.6. The van der Waals surface area contributed by atoms with Crippen molar-refractivity contribution in [2.24, 2.45) is 5.92 Å². The Kier molecular flexibility index (Phi) is 9.17. The topological polar surface area (TPSA) is 73.5 Å². The lowest BCUT2D eigenvalue weighted by molar-refractivity contribution is -0.122. The summed E-state index contributed by atoms with van der Waals surface area (Å²) < 4.78 is 0. The van der Waals surface area contributed by atoms with Crippen LogP contribution in [0.4, 0.5) is 10.5 Å². The van der Waals surface area contributed by atoms with Gasteiger partial charge in [-0.25, -0.2) is 4.79 Å². The SMILES string of the molecule is O=C(Nc1ccc(Cl)cc1)N[C@H]1CCN(CCCCCNC(=O)C2CC2c2ccc(Cl)c(Cl)c2)C1. The molecular formula is C26H31Cl3N4O2. The number of amides is 3. The molecule has 2 unspecified atom stereocenters. The Morgan fingerprint density at radius 2 is 1.77 bits per heavy atom. The number of halogens is 3. The molecule has 3 amide bonds. The molecule has 3 atom stereocenters. The van der Waals surface area contributed by atoms with E-state index in [9.17, 15) is 9.59 Å². The first-order valence-corrected chi connectivity index (χ1v) is 13.3. The van der Waals surface area contributed by atoms with E-state index in [4.69, 9.17) is 34.8 Å². The van der Waals surface area contributed by atoms with Gasteiger partial charge in [-0.15, -0.1) is 0 Å². The maximum atomic E-state index is 12.4. The number of nitrogens with one attached hydrogen (secondary N) is 3. The second kappa shape index (κ2) is 12.3. The van der Waals surface area contributed by atoms with Gasteiger partial charge in [0.2, 0.25) is 5.91 Å². The number of hydrogen-bond donors (Lipinski definition) is 3. The molecule has 0 aromatic heterocycles. The fourth-order valence-corrected chi connectivity index (χ4v) is 5.05. The highest BCUT2D eigenvalue weighted by Crippen LogP contribution is 2.48. The van der Waals surface area contributed by atoms with Gasteiger partial charge in [-0.1, -0.05) is 47.3 Å². The molecule has 1 saturated carbocycles. The van der Waals surface area contributed by atoms with Crippen LogP contribution < -0.4 is 16.0 Å². The van der Waals surface area contributed by atoms with Crippen LogP contribution in [0.5, 0.6) is 0 Å². The van der Waals surface area contributed by atoms with Gasteiger partial charge in [-0.2, -0.15) is 0 Å². The molecule has 188 valence electrons. The number of carbonyl (C=O) groups excluding carboxylic acids is 2. The largest absolute Gasteiger partial charge is 0.356 e. The Morgan fingerprint density at radius 1 is 0.971 bits per heavy atom. The molecule has 3 N–H and O–H groups in total. The summed E-state index contributed by atoms with van der Waals surface area (Å²) in [5, 5.41) is 10.7. The van der Waals surface area contributed by atoms with Crippen LogP contribution in [0, 0.1) is 5.92 Å². The fraction of sp³-hybridized carbons (Fsp3) is 0.462. The highest BCUT2D eigenvalue weighted by molar-refractivity contribution is 6.42. The molecule has 0 spiro atoms. The van der Waals surface area contributed by atoms with Crippen LogP contribution in [0.1, 0.15) is 43.6 Å². The van der Waals surface area contributed by atoms with Crippen LogP contribution >= 0.6 is 34.8 Å². The van der Waals surface area contributed by atoms with E-state index in [-0.39, 0.29) is 29.8 Å². The average Bonchev–Trinajstić information content (AvgIpc) is 3.52.